The van der Waals surface area contributed by atoms with Crippen LogP contribution in [0.15, 0.2) is 60.7 Å². The molecule has 0 radical (unpaired) electrons. The van der Waals surface area contributed by atoms with E-state index in [-0.39, 0.29) is 5.92 Å². The van der Waals surface area contributed by atoms with Gasteiger partial charge >= 0.3 is 0 Å². The van der Waals surface area contributed by atoms with E-state index in [1.807, 2.05) is 60.7 Å². The summed E-state index contributed by atoms with van der Waals surface area (Å²) in [6.45, 7) is 4.01. The lowest BCUT2D eigenvalue weighted by Gasteiger charge is -2.35. The molecular formula is C20H25NO. The van der Waals surface area contributed by atoms with Gasteiger partial charge in [0.15, 0.2) is 0 Å². The molecule has 2 nitrogen and oxygen atoms in total. The lowest BCUT2D eigenvalue weighted by molar-refractivity contribution is 0.0240. The number of hydrogen-bond donors (Lipinski definition) is 2. The maximum Gasteiger partial charge on any atom is 0.118 e. The minimum Gasteiger partial charge on any atom is -0.380 e. The van der Waals surface area contributed by atoms with Gasteiger partial charge in [-0.05, 0) is 36.4 Å². The normalized spacial score (nSPS) is 16.5. The largest absolute Gasteiger partial charge is 0.380 e. The SMILES string of the molecule is C[C@H](CNCC1CC1)C(O)(c1ccccc1)c1ccccc1. The zero-order valence-corrected chi connectivity index (χ0v) is 13.2. The summed E-state index contributed by atoms with van der Waals surface area (Å²) in [7, 11) is 0. The van der Waals surface area contributed by atoms with E-state index in [0.29, 0.717) is 0 Å². The van der Waals surface area contributed by atoms with Gasteiger partial charge in [-0.2, -0.15) is 0 Å². The van der Waals surface area contributed by atoms with E-state index in [0.717, 1.165) is 30.1 Å². The molecule has 22 heavy (non-hydrogen) atoms. The topological polar surface area (TPSA) is 32.3 Å². The number of benzene rings is 2. The maximum atomic E-state index is 11.6. The van der Waals surface area contributed by atoms with Crippen molar-refractivity contribution in [3.05, 3.63) is 71.8 Å². The molecule has 0 unspecified atom stereocenters. The summed E-state index contributed by atoms with van der Waals surface area (Å²) in [4.78, 5) is 0. The van der Waals surface area contributed by atoms with E-state index in [4.69, 9.17) is 0 Å². The van der Waals surface area contributed by atoms with Crippen molar-refractivity contribution in [1.29, 1.82) is 0 Å². The van der Waals surface area contributed by atoms with Crippen molar-refractivity contribution in [3.8, 4) is 0 Å². The van der Waals surface area contributed by atoms with Crippen LogP contribution in [-0.4, -0.2) is 18.2 Å². The highest BCUT2D eigenvalue weighted by Crippen LogP contribution is 2.36. The zero-order valence-electron chi connectivity index (χ0n) is 13.2. The lowest BCUT2D eigenvalue weighted by Crippen LogP contribution is -2.40. The smallest absolute Gasteiger partial charge is 0.118 e. The van der Waals surface area contributed by atoms with Crippen molar-refractivity contribution in [1.82, 2.24) is 5.32 Å². The molecule has 1 atom stereocenters. The fourth-order valence-corrected chi connectivity index (χ4v) is 3.09. The van der Waals surface area contributed by atoms with Crippen LogP contribution < -0.4 is 5.32 Å². The van der Waals surface area contributed by atoms with Gasteiger partial charge in [0, 0.05) is 12.5 Å². The molecule has 1 aliphatic rings. The molecule has 0 bridgehead atoms. The Bertz CT molecular complexity index is 538. The standard InChI is InChI=1S/C20H25NO/c1-16(14-21-15-17-12-13-17)20(22,18-8-4-2-5-9-18)19-10-6-3-7-11-19/h2-11,16-17,21-22H,12-15H2,1H3/t16-/m1/s1. The van der Waals surface area contributed by atoms with Crippen LogP contribution in [0.25, 0.3) is 0 Å². The summed E-state index contributed by atoms with van der Waals surface area (Å²) >= 11 is 0. The second-order valence-electron chi connectivity index (χ2n) is 6.50. The first-order valence-electron chi connectivity index (χ1n) is 8.25. The van der Waals surface area contributed by atoms with Gasteiger partial charge in [0.1, 0.15) is 5.60 Å². The molecule has 0 heterocycles. The fourth-order valence-electron chi connectivity index (χ4n) is 3.09. The van der Waals surface area contributed by atoms with Crippen LogP contribution in [0.4, 0.5) is 0 Å². The molecule has 0 aromatic heterocycles. The van der Waals surface area contributed by atoms with Crippen molar-refractivity contribution < 1.29 is 5.11 Å². The minimum atomic E-state index is -0.959. The van der Waals surface area contributed by atoms with E-state index in [1.54, 1.807) is 0 Å². The van der Waals surface area contributed by atoms with Crippen LogP contribution in [0.3, 0.4) is 0 Å². The zero-order chi connectivity index (χ0) is 15.4. The van der Waals surface area contributed by atoms with Crippen molar-refractivity contribution in [3.63, 3.8) is 0 Å². The van der Waals surface area contributed by atoms with Gasteiger partial charge in [-0.1, -0.05) is 67.6 Å². The van der Waals surface area contributed by atoms with E-state index < -0.39 is 5.60 Å². The van der Waals surface area contributed by atoms with Gasteiger partial charge < -0.3 is 10.4 Å². The van der Waals surface area contributed by atoms with Crippen LogP contribution in [0.2, 0.25) is 0 Å². The molecule has 2 aromatic carbocycles. The van der Waals surface area contributed by atoms with E-state index in [9.17, 15) is 5.11 Å². The first-order chi connectivity index (χ1) is 10.7. The third-order valence-electron chi connectivity index (χ3n) is 4.72. The van der Waals surface area contributed by atoms with Gasteiger partial charge in [-0.15, -0.1) is 0 Å². The van der Waals surface area contributed by atoms with Crippen LogP contribution in [0.5, 0.6) is 0 Å². The second-order valence-corrected chi connectivity index (χ2v) is 6.50. The van der Waals surface area contributed by atoms with Gasteiger partial charge in [0.2, 0.25) is 0 Å². The summed E-state index contributed by atoms with van der Waals surface area (Å²) < 4.78 is 0. The molecule has 1 aliphatic carbocycles. The van der Waals surface area contributed by atoms with E-state index >= 15 is 0 Å². The Morgan fingerprint density at radius 1 is 1.00 bits per heavy atom. The molecule has 0 spiro atoms. The van der Waals surface area contributed by atoms with Gasteiger partial charge in [-0.25, -0.2) is 0 Å². The van der Waals surface area contributed by atoms with Crippen LogP contribution >= 0.6 is 0 Å². The molecular weight excluding hydrogens is 270 g/mol. The highest BCUT2D eigenvalue weighted by molar-refractivity contribution is 5.36. The average Bonchev–Trinajstić information content (AvgIpc) is 3.40. The predicted molar refractivity (Wildman–Crippen MR) is 90.6 cm³/mol. The minimum absolute atomic E-state index is 0.0936. The molecule has 0 aliphatic heterocycles. The first-order valence-corrected chi connectivity index (χ1v) is 8.25. The third kappa shape index (κ3) is 3.23. The lowest BCUT2D eigenvalue weighted by atomic mass is 9.77. The first kappa shape index (κ1) is 15.3. The molecule has 1 fully saturated rings. The van der Waals surface area contributed by atoms with Crippen LogP contribution in [-0.2, 0) is 5.60 Å². The molecule has 0 saturated heterocycles. The van der Waals surface area contributed by atoms with Crippen LogP contribution in [0.1, 0.15) is 30.9 Å². The quantitative estimate of drug-likeness (QED) is 0.818. The fraction of sp³-hybridized carbons (Fsp3) is 0.400. The Labute approximate surface area is 133 Å². The predicted octanol–water partition coefficient (Wildman–Crippen LogP) is 3.56. The van der Waals surface area contributed by atoms with Gasteiger partial charge in [0.05, 0.1) is 0 Å². The highest BCUT2D eigenvalue weighted by atomic mass is 16.3. The monoisotopic (exact) mass is 295 g/mol. The Hall–Kier alpha value is -1.64. The Kier molecular flexibility index (Phi) is 4.60. The van der Waals surface area contributed by atoms with Crippen molar-refractivity contribution in [2.45, 2.75) is 25.4 Å². The maximum absolute atomic E-state index is 11.6. The van der Waals surface area contributed by atoms with E-state index in [2.05, 4.69) is 12.2 Å². The van der Waals surface area contributed by atoms with Gasteiger partial charge in [-0.3, -0.25) is 0 Å². The van der Waals surface area contributed by atoms with Crippen LogP contribution in [0, 0.1) is 11.8 Å². The molecule has 116 valence electrons. The second kappa shape index (κ2) is 6.64. The Morgan fingerprint density at radius 2 is 1.50 bits per heavy atom. The molecule has 1 saturated carbocycles. The number of hydrogen-bond acceptors (Lipinski definition) is 2. The summed E-state index contributed by atoms with van der Waals surface area (Å²) in [5.41, 5.74) is 0.961. The molecule has 2 aromatic rings. The summed E-state index contributed by atoms with van der Waals surface area (Å²) in [5.74, 6) is 0.949. The summed E-state index contributed by atoms with van der Waals surface area (Å²) in [6, 6.07) is 20.0. The Balaban J connectivity index is 1.85. The number of rotatable bonds is 7. The van der Waals surface area contributed by atoms with Crippen molar-refractivity contribution in [2.24, 2.45) is 11.8 Å². The molecule has 0 amide bonds. The van der Waals surface area contributed by atoms with E-state index in [1.165, 1.54) is 12.8 Å². The van der Waals surface area contributed by atoms with Crippen molar-refractivity contribution >= 4 is 0 Å². The number of nitrogens with one attached hydrogen (secondary N) is 1. The summed E-state index contributed by atoms with van der Waals surface area (Å²) in [5, 5.41) is 15.1. The average molecular weight is 295 g/mol. The number of aliphatic hydroxyl groups is 1. The molecule has 2 N–H and O–H groups in total. The highest BCUT2D eigenvalue weighted by Gasteiger charge is 2.37. The van der Waals surface area contributed by atoms with Gasteiger partial charge in [0.25, 0.3) is 0 Å². The molecule has 2 heteroatoms. The molecule has 3 rings (SSSR count). The Morgan fingerprint density at radius 3 is 1.95 bits per heavy atom. The third-order valence-corrected chi connectivity index (χ3v) is 4.72. The van der Waals surface area contributed by atoms with Crippen molar-refractivity contribution in [2.75, 3.05) is 13.1 Å². The summed E-state index contributed by atoms with van der Waals surface area (Å²) in [6.07, 6.45) is 2.70.